The topological polar surface area (TPSA) is 47.3 Å². The van der Waals surface area contributed by atoms with Crippen LogP contribution in [0.3, 0.4) is 0 Å². The summed E-state index contributed by atoms with van der Waals surface area (Å²) in [5.41, 5.74) is 7.37. The van der Waals surface area contributed by atoms with E-state index in [1.807, 2.05) is 49.4 Å². The maximum atomic E-state index is 14.9. The summed E-state index contributed by atoms with van der Waals surface area (Å²) < 4.78 is 20.6. The van der Waals surface area contributed by atoms with E-state index in [-0.39, 0.29) is 5.82 Å². The molecule has 1 aliphatic carbocycles. The minimum absolute atomic E-state index is 0.279. The van der Waals surface area contributed by atoms with Gasteiger partial charge < -0.3 is 15.8 Å². The first kappa shape index (κ1) is 16.9. The highest BCUT2D eigenvalue weighted by Gasteiger charge is 2.19. The van der Waals surface area contributed by atoms with Crippen LogP contribution in [0.2, 0.25) is 0 Å². The zero-order valence-electron chi connectivity index (χ0n) is 14.1. The molecule has 0 saturated heterocycles. The van der Waals surface area contributed by atoms with Crippen LogP contribution in [0.15, 0.2) is 42.5 Å². The molecule has 1 aliphatic rings. The molecule has 0 aliphatic heterocycles. The molecule has 0 heterocycles. The van der Waals surface area contributed by atoms with Gasteiger partial charge in [-0.25, -0.2) is 4.39 Å². The van der Waals surface area contributed by atoms with Crippen LogP contribution in [-0.4, -0.2) is 12.1 Å². The van der Waals surface area contributed by atoms with Gasteiger partial charge in [0.1, 0.15) is 5.75 Å². The average molecular weight is 328 g/mol. The van der Waals surface area contributed by atoms with Gasteiger partial charge in [-0.1, -0.05) is 30.3 Å². The lowest BCUT2D eigenvalue weighted by atomic mass is 9.91. The number of ether oxygens (including phenoxy) is 1. The van der Waals surface area contributed by atoms with Crippen molar-refractivity contribution >= 4 is 0 Å². The number of hydrogen-bond acceptors (Lipinski definition) is 3. The summed E-state index contributed by atoms with van der Waals surface area (Å²) in [4.78, 5) is 0. The molecule has 128 valence electrons. The zero-order chi connectivity index (χ0) is 16.9. The van der Waals surface area contributed by atoms with E-state index in [0.717, 1.165) is 31.2 Å². The van der Waals surface area contributed by atoms with Crippen LogP contribution in [0, 0.1) is 12.7 Å². The minimum Gasteiger partial charge on any atom is -0.454 e. The lowest BCUT2D eigenvalue weighted by Crippen LogP contribution is -2.37. The van der Waals surface area contributed by atoms with Crippen LogP contribution in [0.5, 0.6) is 11.5 Å². The molecule has 0 spiro atoms. The number of nitrogens with two attached hydrogens (primary N) is 1. The molecule has 3 rings (SSSR count). The summed E-state index contributed by atoms with van der Waals surface area (Å²) in [6, 6.07) is 13.8. The Bertz CT molecular complexity index is 667. The molecule has 2 aromatic rings. The maximum absolute atomic E-state index is 14.9. The molecule has 2 aromatic carbocycles. The predicted molar refractivity (Wildman–Crippen MR) is 94.7 cm³/mol. The van der Waals surface area contributed by atoms with E-state index in [1.54, 1.807) is 0 Å². The second-order valence-electron chi connectivity index (χ2n) is 6.59. The van der Waals surface area contributed by atoms with Gasteiger partial charge in [0.15, 0.2) is 11.6 Å². The average Bonchev–Trinajstić information content (AvgIpc) is 2.60. The van der Waals surface area contributed by atoms with Gasteiger partial charge in [-0.05, 0) is 50.3 Å². The standard InChI is InChI=1S/C20H25FN2O/c1-14-7-8-15(13-23-17-11-9-16(22)10-12-17)19(21)20(14)24-18-5-3-2-4-6-18/h2-8,16-17,23H,9-13,22H2,1H3/t16-,17-. The Kier molecular flexibility index (Phi) is 5.48. The van der Waals surface area contributed by atoms with Crippen molar-refractivity contribution in [2.75, 3.05) is 0 Å². The van der Waals surface area contributed by atoms with Crippen LogP contribution in [-0.2, 0) is 6.54 Å². The van der Waals surface area contributed by atoms with Crippen molar-refractivity contribution in [3.05, 3.63) is 59.4 Å². The monoisotopic (exact) mass is 328 g/mol. The van der Waals surface area contributed by atoms with Crippen LogP contribution in [0.4, 0.5) is 4.39 Å². The van der Waals surface area contributed by atoms with E-state index >= 15 is 0 Å². The van der Waals surface area contributed by atoms with Gasteiger partial charge in [0.25, 0.3) is 0 Å². The van der Waals surface area contributed by atoms with E-state index in [1.165, 1.54) is 0 Å². The first-order valence-corrected chi connectivity index (χ1v) is 8.63. The molecule has 0 atom stereocenters. The Labute approximate surface area is 143 Å². The summed E-state index contributed by atoms with van der Waals surface area (Å²) in [5.74, 6) is 0.677. The Hall–Kier alpha value is -1.91. The molecule has 4 heteroatoms. The predicted octanol–water partition coefficient (Wildman–Crippen LogP) is 4.29. The Morgan fingerprint density at radius 2 is 1.79 bits per heavy atom. The highest BCUT2D eigenvalue weighted by Crippen LogP contribution is 2.30. The lowest BCUT2D eigenvalue weighted by molar-refractivity contribution is 0.339. The van der Waals surface area contributed by atoms with Crippen molar-refractivity contribution in [1.29, 1.82) is 0 Å². The summed E-state index contributed by atoms with van der Waals surface area (Å²) in [6.07, 6.45) is 4.19. The molecule has 0 radical (unpaired) electrons. The second-order valence-corrected chi connectivity index (χ2v) is 6.59. The van der Waals surface area contributed by atoms with E-state index in [4.69, 9.17) is 10.5 Å². The molecule has 3 nitrogen and oxygen atoms in total. The van der Waals surface area contributed by atoms with E-state index in [0.29, 0.717) is 35.7 Å². The molecule has 0 amide bonds. The number of benzene rings is 2. The Balaban J connectivity index is 1.69. The van der Waals surface area contributed by atoms with Gasteiger partial charge >= 0.3 is 0 Å². The molecule has 3 N–H and O–H groups in total. The fraction of sp³-hybridized carbons (Fsp3) is 0.400. The zero-order valence-corrected chi connectivity index (χ0v) is 14.1. The van der Waals surface area contributed by atoms with E-state index in [9.17, 15) is 4.39 Å². The fourth-order valence-electron chi connectivity index (χ4n) is 3.14. The third-order valence-corrected chi connectivity index (χ3v) is 4.69. The summed E-state index contributed by atoms with van der Waals surface area (Å²) >= 11 is 0. The van der Waals surface area contributed by atoms with Crippen molar-refractivity contribution < 1.29 is 9.13 Å². The molecule has 24 heavy (non-hydrogen) atoms. The number of hydrogen-bond donors (Lipinski definition) is 2. The third kappa shape index (κ3) is 4.13. The Morgan fingerprint density at radius 3 is 2.50 bits per heavy atom. The number of rotatable bonds is 5. The van der Waals surface area contributed by atoms with Crippen LogP contribution < -0.4 is 15.8 Å². The van der Waals surface area contributed by atoms with Gasteiger partial charge in [0.2, 0.25) is 0 Å². The maximum Gasteiger partial charge on any atom is 0.170 e. The second kappa shape index (κ2) is 7.77. The number of nitrogens with one attached hydrogen (secondary N) is 1. The van der Waals surface area contributed by atoms with E-state index in [2.05, 4.69) is 5.32 Å². The van der Waals surface area contributed by atoms with Crippen LogP contribution >= 0.6 is 0 Å². The van der Waals surface area contributed by atoms with Crippen molar-refractivity contribution in [3.63, 3.8) is 0 Å². The molecule has 1 saturated carbocycles. The van der Waals surface area contributed by atoms with Gasteiger partial charge in [-0.2, -0.15) is 0 Å². The van der Waals surface area contributed by atoms with Crippen molar-refractivity contribution in [2.45, 2.75) is 51.2 Å². The highest BCUT2D eigenvalue weighted by molar-refractivity contribution is 5.41. The first-order valence-electron chi connectivity index (χ1n) is 8.63. The lowest BCUT2D eigenvalue weighted by Gasteiger charge is -2.27. The molecule has 0 unspecified atom stereocenters. The summed E-state index contributed by atoms with van der Waals surface area (Å²) in [7, 11) is 0. The third-order valence-electron chi connectivity index (χ3n) is 4.69. The van der Waals surface area contributed by atoms with Gasteiger partial charge in [0, 0.05) is 24.2 Å². The summed E-state index contributed by atoms with van der Waals surface area (Å²) in [6.45, 7) is 2.37. The van der Waals surface area contributed by atoms with Crippen LogP contribution in [0.1, 0.15) is 36.8 Å². The summed E-state index contributed by atoms with van der Waals surface area (Å²) in [5, 5.41) is 3.46. The largest absolute Gasteiger partial charge is 0.454 e. The van der Waals surface area contributed by atoms with Gasteiger partial charge in [-0.3, -0.25) is 0 Å². The van der Waals surface area contributed by atoms with Crippen LogP contribution in [0.25, 0.3) is 0 Å². The fourth-order valence-corrected chi connectivity index (χ4v) is 3.14. The van der Waals surface area contributed by atoms with Gasteiger partial charge in [0.05, 0.1) is 0 Å². The molecular weight excluding hydrogens is 303 g/mol. The molecular formula is C20H25FN2O. The first-order chi connectivity index (χ1) is 11.6. The molecule has 1 fully saturated rings. The van der Waals surface area contributed by atoms with E-state index < -0.39 is 0 Å². The number of aryl methyl sites for hydroxylation is 1. The van der Waals surface area contributed by atoms with Crippen molar-refractivity contribution in [3.8, 4) is 11.5 Å². The molecule has 0 aromatic heterocycles. The SMILES string of the molecule is Cc1ccc(CN[C@H]2CC[C@H](N)CC2)c(F)c1Oc1ccccc1. The van der Waals surface area contributed by atoms with Gasteiger partial charge in [-0.15, -0.1) is 0 Å². The quantitative estimate of drug-likeness (QED) is 0.861. The normalized spacial score (nSPS) is 20.8. The minimum atomic E-state index is -0.279. The smallest absolute Gasteiger partial charge is 0.170 e. The molecule has 0 bridgehead atoms. The highest BCUT2D eigenvalue weighted by atomic mass is 19.1. The van der Waals surface area contributed by atoms with Crippen molar-refractivity contribution in [2.24, 2.45) is 5.73 Å². The van der Waals surface area contributed by atoms with Crippen molar-refractivity contribution in [1.82, 2.24) is 5.32 Å². The Morgan fingerprint density at radius 1 is 1.08 bits per heavy atom. The number of halogens is 1. The number of para-hydroxylation sites is 1.